The minimum absolute atomic E-state index is 0.583. The molecule has 0 fully saturated rings. The molecular weight excluding hydrogens is 220 g/mol. The Morgan fingerprint density at radius 3 is 2.06 bits per heavy atom. The van der Waals surface area contributed by atoms with Crippen molar-refractivity contribution in [2.24, 2.45) is 11.5 Å². The second-order valence-electron chi connectivity index (χ2n) is 4.63. The second-order valence-corrected chi connectivity index (χ2v) is 4.63. The molecule has 0 aliphatic rings. The molecule has 2 rings (SSSR count). The fourth-order valence-corrected chi connectivity index (χ4v) is 2.25. The standard InChI is InChI=1S/C16H20N2/c1-12-6-7-15(11-18)16(8-12)9-13-4-2-3-5-14(13)10-17/h2-8H,9-11,17-18H2,1H3. The molecule has 0 unspecified atom stereocenters. The number of nitrogens with two attached hydrogens (primary N) is 2. The molecule has 2 aromatic rings. The van der Waals surface area contributed by atoms with E-state index in [1.807, 2.05) is 6.07 Å². The Bertz CT molecular complexity index is 532. The van der Waals surface area contributed by atoms with Crippen LogP contribution in [0.5, 0.6) is 0 Å². The van der Waals surface area contributed by atoms with E-state index in [4.69, 9.17) is 11.5 Å². The van der Waals surface area contributed by atoms with E-state index in [2.05, 4.69) is 43.3 Å². The fraction of sp³-hybridized carbons (Fsp3) is 0.250. The van der Waals surface area contributed by atoms with Crippen LogP contribution in [-0.2, 0) is 19.5 Å². The summed E-state index contributed by atoms with van der Waals surface area (Å²) in [5.41, 5.74) is 17.9. The maximum atomic E-state index is 5.80. The van der Waals surface area contributed by atoms with Gasteiger partial charge in [-0.25, -0.2) is 0 Å². The van der Waals surface area contributed by atoms with Crippen LogP contribution in [0.1, 0.15) is 27.8 Å². The zero-order chi connectivity index (χ0) is 13.0. The number of rotatable bonds is 4. The van der Waals surface area contributed by atoms with Crippen molar-refractivity contribution in [1.82, 2.24) is 0 Å². The van der Waals surface area contributed by atoms with Crippen molar-refractivity contribution in [3.8, 4) is 0 Å². The van der Waals surface area contributed by atoms with Crippen LogP contribution in [-0.4, -0.2) is 0 Å². The van der Waals surface area contributed by atoms with Crippen molar-refractivity contribution in [3.05, 3.63) is 70.3 Å². The van der Waals surface area contributed by atoms with Crippen molar-refractivity contribution in [1.29, 1.82) is 0 Å². The summed E-state index contributed by atoms with van der Waals surface area (Å²) in [4.78, 5) is 0. The van der Waals surface area contributed by atoms with Crippen LogP contribution in [0.4, 0.5) is 0 Å². The molecular formula is C16H20N2. The van der Waals surface area contributed by atoms with Gasteiger partial charge in [0.25, 0.3) is 0 Å². The summed E-state index contributed by atoms with van der Waals surface area (Å²) in [6.45, 7) is 3.28. The van der Waals surface area contributed by atoms with E-state index in [-0.39, 0.29) is 0 Å². The monoisotopic (exact) mass is 240 g/mol. The van der Waals surface area contributed by atoms with E-state index >= 15 is 0 Å². The SMILES string of the molecule is Cc1ccc(CN)c(Cc2ccccc2CN)c1. The van der Waals surface area contributed by atoms with Crippen LogP contribution in [0.2, 0.25) is 0 Å². The molecule has 2 heteroatoms. The number of hydrogen-bond donors (Lipinski definition) is 2. The molecule has 2 aromatic carbocycles. The normalized spacial score (nSPS) is 10.6. The van der Waals surface area contributed by atoms with Crippen molar-refractivity contribution < 1.29 is 0 Å². The summed E-state index contributed by atoms with van der Waals surface area (Å²) >= 11 is 0. The summed E-state index contributed by atoms with van der Waals surface area (Å²) in [7, 11) is 0. The highest BCUT2D eigenvalue weighted by atomic mass is 14.5. The first kappa shape index (κ1) is 12.8. The lowest BCUT2D eigenvalue weighted by Crippen LogP contribution is -2.06. The molecule has 18 heavy (non-hydrogen) atoms. The first-order chi connectivity index (χ1) is 8.74. The molecule has 2 nitrogen and oxygen atoms in total. The molecule has 0 saturated carbocycles. The summed E-state index contributed by atoms with van der Waals surface area (Å²) in [6, 6.07) is 14.8. The molecule has 0 spiro atoms. The third-order valence-corrected chi connectivity index (χ3v) is 3.30. The van der Waals surface area contributed by atoms with Crippen molar-refractivity contribution in [2.75, 3.05) is 0 Å². The molecule has 0 amide bonds. The van der Waals surface area contributed by atoms with Crippen LogP contribution in [0.15, 0.2) is 42.5 Å². The summed E-state index contributed by atoms with van der Waals surface area (Å²) < 4.78 is 0. The van der Waals surface area contributed by atoms with Gasteiger partial charge in [-0.05, 0) is 35.6 Å². The second kappa shape index (κ2) is 5.80. The van der Waals surface area contributed by atoms with Gasteiger partial charge in [-0.3, -0.25) is 0 Å². The van der Waals surface area contributed by atoms with Gasteiger partial charge in [0.2, 0.25) is 0 Å². The Morgan fingerprint density at radius 1 is 0.778 bits per heavy atom. The minimum Gasteiger partial charge on any atom is -0.326 e. The Balaban J connectivity index is 2.36. The molecule has 0 aliphatic heterocycles. The van der Waals surface area contributed by atoms with Gasteiger partial charge in [-0.2, -0.15) is 0 Å². The highest BCUT2D eigenvalue weighted by Crippen LogP contribution is 2.18. The third-order valence-electron chi connectivity index (χ3n) is 3.30. The van der Waals surface area contributed by atoms with Crippen molar-refractivity contribution >= 4 is 0 Å². The average Bonchev–Trinajstić information content (AvgIpc) is 2.40. The number of hydrogen-bond acceptors (Lipinski definition) is 2. The highest BCUT2D eigenvalue weighted by Gasteiger charge is 2.05. The predicted molar refractivity (Wildman–Crippen MR) is 76.2 cm³/mol. The molecule has 0 aliphatic carbocycles. The van der Waals surface area contributed by atoms with E-state index in [1.54, 1.807) is 0 Å². The fourth-order valence-electron chi connectivity index (χ4n) is 2.25. The van der Waals surface area contributed by atoms with E-state index in [0.29, 0.717) is 13.1 Å². The first-order valence-electron chi connectivity index (χ1n) is 6.30. The predicted octanol–water partition coefficient (Wildman–Crippen LogP) is 2.50. The zero-order valence-electron chi connectivity index (χ0n) is 10.8. The van der Waals surface area contributed by atoms with Crippen LogP contribution >= 0.6 is 0 Å². The van der Waals surface area contributed by atoms with E-state index in [9.17, 15) is 0 Å². The van der Waals surface area contributed by atoms with Crippen LogP contribution < -0.4 is 11.5 Å². The molecule has 0 saturated heterocycles. The summed E-state index contributed by atoms with van der Waals surface area (Å²) in [5, 5.41) is 0. The zero-order valence-corrected chi connectivity index (χ0v) is 10.8. The summed E-state index contributed by atoms with van der Waals surface area (Å²) in [5.74, 6) is 0. The Morgan fingerprint density at radius 2 is 1.39 bits per heavy atom. The lowest BCUT2D eigenvalue weighted by atomic mass is 9.95. The Kier molecular flexibility index (Phi) is 4.13. The molecule has 94 valence electrons. The third kappa shape index (κ3) is 2.78. The average molecular weight is 240 g/mol. The molecule has 0 aromatic heterocycles. The highest BCUT2D eigenvalue weighted by molar-refractivity contribution is 5.38. The van der Waals surface area contributed by atoms with E-state index in [1.165, 1.54) is 27.8 Å². The molecule has 0 bridgehead atoms. The topological polar surface area (TPSA) is 52.0 Å². The van der Waals surface area contributed by atoms with Crippen LogP contribution in [0.25, 0.3) is 0 Å². The van der Waals surface area contributed by atoms with Gasteiger partial charge >= 0.3 is 0 Å². The van der Waals surface area contributed by atoms with Gasteiger partial charge in [0.1, 0.15) is 0 Å². The largest absolute Gasteiger partial charge is 0.326 e. The minimum atomic E-state index is 0.583. The molecule has 0 atom stereocenters. The smallest absolute Gasteiger partial charge is 0.0180 e. The Hall–Kier alpha value is -1.64. The maximum absolute atomic E-state index is 5.80. The van der Waals surface area contributed by atoms with Gasteiger partial charge in [0.05, 0.1) is 0 Å². The van der Waals surface area contributed by atoms with Gasteiger partial charge in [-0.1, -0.05) is 48.0 Å². The van der Waals surface area contributed by atoms with Crippen LogP contribution in [0, 0.1) is 6.92 Å². The Labute approximate surface area is 109 Å². The lowest BCUT2D eigenvalue weighted by Gasteiger charge is -2.12. The first-order valence-corrected chi connectivity index (χ1v) is 6.30. The summed E-state index contributed by atoms with van der Waals surface area (Å²) in [6.07, 6.45) is 0.904. The van der Waals surface area contributed by atoms with Gasteiger partial charge in [-0.15, -0.1) is 0 Å². The number of benzene rings is 2. The molecule has 0 radical (unpaired) electrons. The van der Waals surface area contributed by atoms with Crippen molar-refractivity contribution in [2.45, 2.75) is 26.4 Å². The van der Waals surface area contributed by atoms with Gasteiger partial charge in [0.15, 0.2) is 0 Å². The van der Waals surface area contributed by atoms with Gasteiger partial charge in [0, 0.05) is 13.1 Å². The van der Waals surface area contributed by atoms with Gasteiger partial charge < -0.3 is 11.5 Å². The van der Waals surface area contributed by atoms with Crippen molar-refractivity contribution in [3.63, 3.8) is 0 Å². The lowest BCUT2D eigenvalue weighted by molar-refractivity contribution is 0.984. The maximum Gasteiger partial charge on any atom is 0.0180 e. The van der Waals surface area contributed by atoms with Crippen LogP contribution in [0.3, 0.4) is 0 Å². The quantitative estimate of drug-likeness (QED) is 0.862. The van der Waals surface area contributed by atoms with E-state index in [0.717, 1.165) is 6.42 Å². The molecule has 4 N–H and O–H groups in total. The van der Waals surface area contributed by atoms with E-state index < -0.39 is 0 Å². The molecule has 0 heterocycles. The number of aryl methyl sites for hydroxylation is 1.